The number of ether oxygens (including phenoxy) is 2. The first kappa shape index (κ1) is 31.5. The maximum absolute atomic E-state index is 6.96. The van der Waals surface area contributed by atoms with Gasteiger partial charge in [0.05, 0.1) is 24.9 Å². The molecule has 0 amide bonds. The van der Waals surface area contributed by atoms with Gasteiger partial charge in [0.15, 0.2) is 0 Å². The molecule has 0 N–H and O–H groups in total. The third kappa shape index (κ3) is 5.90. The Balaban J connectivity index is 1.43. The lowest BCUT2D eigenvalue weighted by molar-refractivity contribution is -0.0263. The van der Waals surface area contributed by atoms with Gasteiger partial charge in [-0.1, -0.05) is 140 Å². The molecule has 3 atom stereocenters. The zero-order chi connectivity index (χ0) is 32.5. The predicted molar refractivity (Wildman–Crippen MR) is 203 cm³/mol. The minimum Gasteiger partial charge on any atom is -0.489 e. The number of allylic oxidation sites excluding steroid dienone is 3. The van der Waals surface area contributed by atoms with E-state index in [4.69, 9.17) is 9.47 Å². The molecule has 0 radical (unpaired) electrons. The first-order valence-corrected chi connectivity index (χ1v) is 19.8. The Morgan fingerprint density at radius 1 is 0.646 bits per heavy atom. The first-order valence-electron chi connectivity index (χ1n) is 17.0. The van der Waals surface area contributed by atoms with Crippen molar-refractivity contribution in [2.45, 2.75) is 24.2 Å². The van der Waals surface area contributed by atoms with E-state index in [1.54, 1.807) is 0 Å². The average Bonchev–Trinajstić information content (AvgIpc) is 3.14. The first-order chi connectivity index (χ1) is 23.7. The van der Waals surface area contributed by atoms with Crippen LogP contribution in [0.4, 0.5) is 0 Å². The summed E-state index contributed by atoms with van der Waals surface area (Å²) in [5.41, 5.74) is 4.12. The van der Waals surface area contributed by atoms with Gasteiger partial charge >= 0.3 is 0 Å². The number of hydrogen-bond acceptors (Lipinski definition) is 4. The molecule has 8 rings (SSSR count). The van der Waals surface area contributed by atoms with Gasteiger partial charge in [-0.05, 0) is 61.4 Å². The standard InChI is InChI=1S/C42H42N2O2P2/c1-43-27-29-45-41-35(43)23-25-37(47(31-15-7-3-8-16-31)32-17-9-4-10-18-32)39(41)40-38(26-24-36-42(40)46-30-28-44(36)2)48(33-19-11-5-12-20-33)34-21-13-6-14-22-34/h3-25,35,38,41H,26-30H2,1-2H3/t35?,38-,41?/m0/s1. The summed E-state index contributed by atoms with van der Waals surface area (Å²) < 4.78 is 13.8. The summed E-state index contributed by atoms with van der Waals surface area (Å²) in [6.07, 6.45) is 8.17. The van der Waals surface area contributed by atoms with Crippen LogP contribution in [0.3, 0.4) is 0 Å². The van der Waals surface area contributed by atoms with Gasteiger partial charge in [0.2, 0.25) is 0 Å². The Morgan fingerprint density at radius 2 is 1.21 bits per heavy atom. The van der Waals surface area contributed by atoms with Crippen LogP contribution < -0.4 is 21.2 Å². The van der Waals surface area contributed by atoms with Gasteiger partial charge in [-0.2, -0.15) is 0 Å². The largest absolute Gasteiger partial charge is 0.489 e. The highest BCUT2D eigenvalue weighted by Gasteiger charge is 2.45. The number of hydrogen-bond donors (Lipinski definition) is 0. The van der Waals surface area contributed by atoms with Crippen LogP contribution in [0.25, 0.3) is 0 Å². The molecule has 242 valence electrons. The van der Waals surface area contributed by atoms with E-state index in [1.165, 1.54) is 43.4 Å². The van der Waals surface area contributed by atoms with Crippen molar-refractivity contribution in [3.63, 3.8) is 0 Å². The number of nitrogens with zero attached hydrogens (tertiary/aromatic N) is 2. The molecule has 2 aliphatic heterocycles. The summed E-state index contributed by atoms with van der Waals surface area (Å²) in [7, 11) is 2.80. The maximum Gasteiger partial charge on any atom is 0.146 e. The molecule has 0 bridgehead atoms. The highest BCUT2D eigenvalue weighted by atomic mass is 31.1. The van der Waals surface area contributed by atoms with Crippen molar-refractivity contribution >= 4 is 37.1 Å². The number of benzene rings is 4. The van der Waals surface area contributed by atoms with Gasteiger partial charge in [0, 0.05) is 24.8 Å². The lowest BCUT2D eigenvalue weighted by Gasteiger charge is -2.46. The molecule has 2 aliphatic carbocycles. The minimum atomic E-state index is -0.883. The van der Waals surface area contributed by atoms with E-state index < -0.39 is 15.8 Å². The van der Waals surface area contributed by atoms with Gasteiger partial charge in [-0.3, -0.25) is 4.90 Å². The Bertz CT molecular complexity index is 1780. The molecule has 4 aliphatic rings. The average molecular weight is 669 g/mol. The van der Waals surface area contributed by atoms with Gasteiger partial charge in [0.1, 0.15) is 18.5 Å². The number of likely N-dealkylation sites (N-methyl/N-ethyl adjacent to an activating group) is 2. The van der Waals surface area contributed by atoms with E-state index >= 15 is 0 Å². The molecule has 6 heteroatoms. The number of rotatable bonds is 7. The van der Waals surface area contributed by atoms with E-state index in [9.17, 15) is 0 Å². The Kier molecular flexibility index (Phi) is 9.17. The second-order valence-electron chi connectivity index (χ2n) is 12.8. The molecular formula is C42H42N2O2P2. The van der Waals surface area contributed by atoms with E-state index in [0.717, 1.165) is 25.3 Å². The van der Waals surface area contributed by atoms with Crippen molar-refractivity contribution in [3.05, 3.63) is 167 Å². The van der Waals surface area contributed by atoms with Crippen LogP contribution >= 0.6 is 15.8 Å². The highest BCUT2D eigenvalue weighted by molar-refractivity contribution is 7.77. The van der Waals surface area contributed by atoms with Crippen LogP contribution in [-0.2, 0) is 9.47 Å². The van der Waals surface area contributed by atoms with Crippen molar-refractivity contribution in [3.8, 4) is 0 Å². The van der Waals surface area contributed by atoms with Crippen molar-refractivity contribution in [2.75, 3.05) is 40.4 Å². The van der Waals surface area contributed by atoms with Crippen LogP contribution in [0.15, 0.2) is 167 Å². The van der Waals surface area contributed by atoms with E-state index in [2.05, 4.69) is 163 Å². The Labute approximate surface area is 287 Å². The molecule has 0 spiro atoms. The van der Waals surface area contributed by atoms with Crippen LogP contribution in [0.5, 0.6) is 0 Å². The molecule has 4 nitrogen and oxygen atoms in total. The second kappa shape index (κ2) is 14.0. The molecular weight excluding hydrogens is 626 g/mol. The molecule has 0 saturated carbocycles. The topological polar surface area (TPSA) is 24.9 Å². The van der Waals surface area contributed by atoms with Crippen LogP contribution in [0.2, 0.25) is 0 Å². The van der Waals surface area contributed by atoms with Crippen LogP contribution in [0.1, 0.15) is 6.42 Å². The predicted octanol–water partition coefficient (Wildman–Crippen LogP) is 6.65. The van der Waals surface area contributed by atoms with Crippen molar-refractivity contribution in [1.29, 1.82) is 0 Å². The fourth-order valence-electron chi connectivity index (χ4n) is 7.63. The maximum atomic E-state index is 6.96. The van der Waals surface area contributed by atoms with Crippen molar-refractivity contribution < 1.29 is 9.47 Å². The number of morpholine rings is 2. The molecule has 4 aromatic carbocycles. The van der Waals surface area contributed by atoms with E-state index in [0.29, 0.717) is 13.2 Å². The number of fused-ring (bicyclic) bond motifs is 2. The van der Waals surface area contributed by atoms with E-state index in [-0.39, 0.29) is 17.8 Å². The van der Waals surface area contributed by atoms with Crippen LogP contribution in [0, 0.1) is 0 Å². The summed E-state index contributed by atoms with van der Waals surface area (Å²) in [5, 5.41) is 6.86. The summed E-state index contributed by atoms with van der Waals surface area (Å²) in [6, 6.07) is 44.8. The lowest BCUT2D eigenvalue weighted by atomic mass is 9.84. The van der Waals surface area contributed by atoms with Crippen molar-refractivity contribution in [2.24, 2.45) is 0 Å². The van der Waals surface area contributed by atoms with Gasteiger partial charge in [0.25, 0.3) is 0 Å². The van der Waals surface area contributed by atoms with Gasteiger partial charge in [-0.15, -0.1) is 0 Å². The molecule has 48 heavy (non-hydrogen) atoms. The Hall–Kier alpha value is -3.78. The minimum absolute atomic E-state index is 0.0928. The van der Waals surface area contributed by atoms with E-state index in [1.807, 2.05) is 0 Å². The highest BCUT2D eigenvalue weighted by Crippen LogP contribution is 2.57. The SMILES string of the molecule is CN1CCOC2=C(C3=C(P(c4ccccc4)c4ccccc4)C=CC4C3OCCN4C)[C@@H](P(c3ccccc3)c3ccccc3)CC=C21. The molecule has 2 saturated heterocycles. The van der Waals surface area contributed by atoms with Crippen LogP contribution in [-0.4, -0.2) is 68.0 Å². The lowest BCUT2D eigenvalue weighted by Crippen LogP contribution is -2.51. The monoisotopic (exact) mass is 668 g/mol. The van der Waals surface area contributed by atoms with Crippen molar-refractivity contribution in [1.82, 2.24) is 9.80 Å². The molecule has 4 aromatic rings. The third-order valence-corrected chi connectivity index (χ3v) is 15.2. The molecule has 2 heterocycles. The third-order valence-electron chi connectivity index (χ3n) is 9.94. The zero-order valence-corrected chi connectivity index (χ0v) is 29.4. The summed E-state index contributed by atoms with van der Waals surface area (Å²) in [4.78, 5) is 4.86. The fourth-order valence-corrected chi connectivity index (χ4v) is 13.0. The van der Waals surface area contributed by atoms with Gasteiger partial charge < -0.3 is 14.4 Å². The Morgan fingerprint density at radius 3 is 1.79 bits per heavy atom. The normalized spacial score (nSPS) is 22.8. The quantitative estimate of drug-likeness (QED) is 0.206. The smallest absolute Gasteiger partial charge is 0.146 e. The molecule has 2 fully saturated rings. The molecule has 2 unspecified atom stereocenters. The summed E-state index contributed by atoms with van der Waals surface area (Å²) in [6.45, 7) is 3.19. The summed E-state index contributed by atoms with van der Waals surface area (Å²) in [5.74, 6) is 1.05. The molecule has 0 aromatic heterocycles. The zero-order valence-electron chi connectivity index (χ0n) is 27.7. The second-order valence-corrected chi connectivity index (χ2v) is 17.4. The fraction of sp³-hybridized carbons (Fsp3) is 0.238. The summed E-state index contributed by atoms with van der Waals surface area (Å²) >= 11 is 0. The van der Waals surface area contributed by atoms with Gasteiger partial charge in [-0.25, -0.2) is 0 Å².